The van der Waals surface area contributed by atoms with Crippen molar-refractivity contribution in [2.45, 2.75) is 24.8 Å². The molecule has 136 valence electrons. The number of fused-ring (bicyclic) bond motifs is 1. The molecule has 1 aromatic carbocycles. The Kier molecular flexibility index (Phi) is 4.24. The lowest BCUT2D eigenvalue weighted by molar-refractivity contribution is -0.127. The van der Waals surface area contributed by atoms with Crippen LogP contribution in [0.2, 0.25) is 0 Å². The minimum absolute atomic E-state index is 0.0368. The van der Waals surface area contributed by atoms with Crippen LogP contribution < -0.4 is 10.0 Å². The number of hydrogen-bond acceptors (Lipinski definition) is 4. The van der Waals surface area contributed by atoms with Crippen LogP contribution in [0.25, 0.3) is 0 Å². The maximum atomic E-state index is 13.0. The summed E-state index contributed by atoms with van der Waals surface area (Å²) in [6, 6.07) is 6.75. The predicted octanol–water partition coefficient (Wildman–Crippen LogP) is 0.348. The van der Waals surface area contributed by atoms with Crippen molar-refractivity contribution in [1.82, 2.24) is 9.21 Å². The number of primary amides is 1. The van der Waals surface area contributed by atoms with E-state index in [1.807, 2.05) is 0 Å². The van der Waals surface area contributed by atoms with Crippen LogP contribution in [-0.4, -0.2) is 62.1 Å². The molecule has 0 saturated carbocycles. The van der Waals surface area contributed by atoms with Gasteiger partial charge in [-0.05, 0) is 43.5 Å². The number of rotatable bonds is 3. The van der Waals surface area contributed by atoms with Gasteiger partial charge in [-0.3, -0.25) is 14.5 Å². The van der Waals surface area contributed by atoms with E-state index < -0.39 is 21.7 Å². The molecule has 25 heavy (non-hydrogen) atoms. The van der Waals surface area contributed by atoms with Crippen LogP contribution in [0.4, 0.5) is 5.69 Å². The molecule has 9 heteroatoms. The number of amidine groups is 1. The highest BCUT2D eigenvalue weighted by Crippen LogP contribution is 2.41. The summed E-state index contributed by atoms with van der Waals surface area (Å²) in [6.45, 7) is 0.347. The number of benzene rings is 1. The third-order valence-corrected chi connectivity index (χ3v) is 6.96. The summed E-state index contributed by atoms with van der Waals surface area (Å²) in [4.78, 5) is 13.8. The van der Waals surface area contributed by atoms with Crippen molar-refractivity contribution in [2.75, 3.05) is 31.5 Å². The zero-order valence-corrected chi connectivity index (χ0v) is 15.2. The van der Waals surface area contributed by atoms with Gasteiger partial charge >= 0.3 is 10.2 Å². The molecule has 3 N–H and O–H groups in total. The Morgan fingerprint density at radius 3 is 2.40 bits per heavy atom. The van der Waals surface area contributed by atoms with Crippen molar-refractivity contribution in [3.8, 4) is 0 Å². The Labute approximate surface area is 147 Å². The van der Waals surface area contributed by atoms with E-state index in [1.165, 1.54) is 8.61 Å². The van der Waals surface area contributed by atoms with Crippen molar-refractivity contribution in [1.29, 1.82) is 5.41 Å². The van der Waals surface area contributed by atoms with E-state index in [4.69, 9.17) is 11.1 Å². The topological polar surface area (TPSA) is 111 Å². The fourth-order valence-electron chi connectivity index (χ4n) is 3.54. The summed E-state index contributed by atoms with van der Waals surface area (Å²) in [5.41, 5.74) is 5.60. The molecule has 3 rings (SSSR count). The smallest absolute Gasteiger partial charge is 0.305 e. The SMILES string of the molecule is CN(C)C(=N)c1ccc(N2C[C@@]3(C(N)=O)CCCCN3S2(=O)=O)cc1. The average Bonchev–Trinajstić information content (AvgIpc) is 2.83. The van der Waals surface area contributed by atoms with Gasteiger partial charge in [0.25, 0.3) is 0 Å². The largest absolute Gasteiger partial charge is 0.368 e. The molecule has 0 spiro atoms. The average molecular weight is 365 g/mol. The van der Waals surface area contributed by atoms with Crippen LogP contribution in [-0.2, 0) is 15.0 Å². The van der Waals surface area contributed by atoms with E-state index in [0.29, 0.717) is 30.1 Å². The number of nitrogens with one attached hydrogen (secondary N) is 1. The van der Waals surface area contributed by atoms with Gasteiger partial charge in [0.2, 0.25) is 5.91 Å². The second-order valence-corrected chi connectivity index (χ2v) is 8.51. The molecule has 1 aromatic rings. The molecule has 2 fully saturated rings. The molecule has 0 radical (unpaired) electrons. The molecule has 2 heterocycles. The quantitative estimate of drug-likeness (QED) is 0.595. The molecule has 1 atom stereocenters. The van der Waals surface area contributed by atoms with Crippen LogP contribution in [0.1, 0.15) is 24.8 Å². The molecular weight excluding hydrogens is 342 g/mol. The van der Waals surface area contributed by atoms with Gasteiger partial charge in [0.15, 0.2) is 0 Å². The van der Waals surface area contributed by atoms with Crippen molar-refractivity contribution in [3.63, 3.8) is 0 Å². The maximum Gasteiger partial charge on any atom is 0.305 e. The summed E-state index contributed by atoms with van der Waals surface area (Å²) in [7, 11) is -0.245. The number of nitrogens with two attached hydrogens (primary N) is 1. The van der Waals surface area contributed by atoms with E-state index in [9.17, 15) is 13.2 Å². The number of amides is 1. The number of nitrogens with zero attached hydrogens (tertiary/aromatic N) is 3. The van der Waals surface area contributed by atoms with E-state index in [-0.39, 0.29) is 6.54 Å². The standard InChI is InChI=1S/C16H23N5O3S/c1-19(2)14(17)12-5-7-13(8-6-12)20-11-16(15(18)22)9-3-4-10-21(16)25(20,23)24/h5-8,17H,3-4,9-11H2,1-2H3,(H2,18,22)/t16-/m1/s1. The second kappa shape index (κ2) is 5.99. The lowest BCUT2D eigenvalue weighted by atomic mass is 9.88. The molecule has 2 aliphatic rings. The predicted molar refractivity (Wildman–Crippen MR) is 95.7 cm³/mol. The van der Waals surface area contributed by atoms with Crippen molar-refractivity contribution >= 4 is 27.6 Å². The van der Waals surface area contributed by atoms with Crippen molar-refractivity contribution in [3.05, 3.63) is 29.8 Å². The minimum Gasteiger partial charge on any atom is -0.368 e. The Morgan fingerprint density at radius 1 is 1.24 bits per heavy atom. The summed E-state index contributed by atoms with van der Waals surface area (Å²) in [5, 5.41) is 7.99. The minimum atomic E-state index is -3.79. The highest BCUT2D eigenvalue weighted by atomic mass is 32.2. The van der Waals surface area contributed by atoms with Crippen molar-refractivity contribution < 1.29 is 13.2 Å². The lowest BCUT2D eigenvalue weighted by Crippen LogP contribution is -2.58. The molecule has 0 aliphatic carbocycles. The highest BCUT2D eigenvalue weighted by molar-refractivity contribution is 7.90. The Hall–Kier alpha value is -2.13. The molecule has 2 aliphatic heterocycles. The van der Waals surface area contributed by atoms with Gasteiger partial charge in [0.1, 0.15) is 11.4 Å². The first-order valence-electron chi connectivity index (χ1n) is 8.17. The van der Waals surface area contributed by atoms with Gasteiger partial charge in [-0.25, -0.2) is 0 Å². The lowest BCUT2D eigenvalue weighted by Gasteiger charge is -2.35. The monoisotopic (exact) mass is 365 g/mol. The molecule has 0 bridgehead atoms. The van der Waals surface area contributed by atoms with Crippen LogP contribution in [0.15, 0.2) is 24.3 Å². The number of carbonyl (C=O) groups is 1. The fraction of sp³-hybridized carbons (Fsp3) is 0.500. The van der Waals surface area contributed by atoms with Gasteiger partial charge in [-0.15, -0.1) is 0 Å². The van der Waals surface area contributed by atoms with Gasteiger partial charge in [-0.2, -0.15) is 12.7 Å². The molecule has 0 unspecified atom stereocenters. The Bertz CT molecular complexity index is 806. The van der Waals surface area contributed by atoms with Crippen LogP contribution in [0.5, 0.6) is 0 Å². The molecule has 8 nitrogen and oxygen atoms in total. The van der Waals surface area contributed by atoms with E-state index in [2.05, 4.69) is 0 Å². The van der Waals surface area contributed by atoms with Gasteiger partial charge in [0.05, 0.1) is 12.2 Å². The first-order chi connectivity index (χ1) is 11.7. The molecular formula is C16H23N5O3S. The van der Waals surface area contributed by atoms with E-state index >= 15 is 0 Å². The molecule has 2 saturated heterocycles. The molecule has 0 aromatic heterocycles. The normalized spacial score (nSPS) is 25.4. The second-order valence-electron chi connectivity index (χ2n) is 6.73. The number of piperidine rings is 1. The van der Waals surface area contributed by atoms with Gasteiger partial charge in [0, 0.05) is 26.2 Å². The van der Waals surface area contributed by atoms with E-state index in [0.717, 1.165) is 12.8 Å². The van der Waals surface area contributed by atoms with E-state index in [1.54, 1.807) is 43.3 Å². The fourth-order valence-corrected chi connectivity index (χ4v) is 5.58. The first kappa shape index (κ1) is 17.7. The summed E-state index contributed by atoms with van der Waals surface area (Å²) in [6.07, 6.45) is 1.95. The third kappa shape index (κ3) is 2.67. The summed E-state index contributed by atoms with van der Waals surface area (Å²) in [5.74, 6) is -0.258. The molecule has 1 amide bonds. The number of hydrogen-bond donors (Lipinski definition) is 2. The summed E-state index contributed by atoms with van der Waals surface area (Å²) >= 11 is 0. The van der Waals surface area contributed by atoms with Crippen LogP contribution in [0, 0.1) is 5.41 Å². The van der Waals surface area contributed by atoms with Crippen molar-refractivity contribution in [2.24, 2.45) is 5.73 Å². The van der Waals surface area contributed by atoms with Crippen LogP contribution >= 0.6 is 0 Å². The van der Waals surface area contributed by atoms with Gasteiger partial charge < -0.3 is 10.6 Å². The first-order valence-corrected chi connectivity index (χ1v) is 9.56. The maximum absolute atomic E-state index is 13.0. The van der Waals surface area contributed by atoms with Crippen LogP contribution in [0.3, 0.4) is 0 Å². The number of anilines is 1. The number of carbonyl (C=O) groups excluding carboxylic acids is 1. The zero-order chi connectivity index (χ0) is 18.4. The Balaban J connectivity index is 1.98. The van der Waals surface area contributed by atoms with Gasteiger partial charge in [-0.1, -0.05) is 0 Å². The Morgan fingerprint density at radius 2 is 1.88 bits per heavy atom. The zero-order valence-electron chi connectivity index (χ0n) is 14.4. The third-order valence-electron chi connectivity index (χ3n) is 4.98. The summed E-state index contributed by atoms with van der Waals surface area (Å²) < 4.78 is 28.4. The highest BCUT2D eigenvalue weighted by Gasteiger charge is 2.58.